The molecule has 2 aromatic heterocycles. The van der Waals surface area contributed by atoms with Gasteiger partial charge < -0.3 is 9.13 Å². The zero-order valence-electron chi connectivity index (χ0n) is 30.2. The molecule has 0 fully saturated rings. The van der Waals surface area contributed by atoms with Gasteiger partial charge in [-0.15, -0.1) is 0 Å². The molecule has 254 valence electrons. The van der Waals surface area contributed by atoms with Crippen LogP contribution in [0.1, 0.15) is 11.1 Å². The fourth-order valence-electron chi connectivity index (χ4n) is 9.11. The second-order valence-electron chi connectivity index (χ2n) is 14.7. The maximum absolute atomic E-state index is 2.44. The van der Waals surface area contributed by atoms with E-state index in [9.17, 15) is 0 Å². The molecule has 54 heavy (non-hydrogen) atoms. The highest BCUT2D eigenvalue weighted by Crippen LogP contribution is 2.46. The molecule has 2 heteroatoms. The molecule has 0 atom stereocenters. The Hall–Kier alpha value is -6.90. The lowest BCUT2D eigenvalue weighted by atomic mass is 9.85. The summed E-state index contributed by atoms with van der Waals surface area (Å²) in [4.78, 5) is 0. The van der Waals surface area contributed by atoms with Crippen LogP contribution in [0.25, 0.3) is 98.8 Å². The third-order valence-corrected chi connectivity index (χ3v) is 11.4. The normalized spacial score (nSPS) is 11.9. The Morgan fingerprint density at radius 3 is 0.981 bits per heavy atom. The van der Waals surface area contributed by atoms with Crippen molar-refractivity contribution in [1.82, 2.24) is 9.13 Å². The molecule has 0 saturated heterocycles. The van der Waals surface area contributed by atoms with E-state index in [0.717, 1.165) is 11.4 Å². The van der Waals surface area contributed by atoms with Crippen LogP contribution in [0.2, 0.25) is 0 Å². The summed E-state index contributed by atoms with van der Waals surface area (Å²) in [5, 5.41) is 10.0. The third kappa shape index (κ3) is 4.53. The Bertz CT molecular complexity index is 2970. The lowest BCUT2D eigenvalue weighted by Gasteiger charge is -2.21. The zero-order chi connectivity index (χ0) is 35.9. The average molecular weight is 689 g/mol. The molecule has 9 aromatic carbocycles. The standard InChI is InChI=1S/C52H36N2/c1-33-13-11-15-35(29-33)51-43-27-25-38(54-49-23-9-5-19-41(49)42-20-6-10-24-50(42)54)32-46(43)52(36-16-12-14-34(2)30-36)44-28-26-37(31-45(44)51)53-47-21-7-3-17-39(47)40-18-4-8-22-48(40)53/h3-32H,1-2H3. The number of aryl methyl sites for hydroxylation is 2. The van der Waals surface area contributed by atoms with Crippen molar-refractivity contribution in [1.29, 1.82) is 0 Å². The van der Waals surface area contributed by atoms with Crippen LogP contribution in [0.5, 0.6) is 0 Å². The molecule has 0 unspecified atom stereocenters. The monoisotopic (exact) mass is 688 g/mol. The van der Waals surface area contributed by atoms with Crippen LogP contribution >= 0.6 is 0 Å². The summed E-state index contributed by atoms with van der Waals surface area (Å²) in [6, 6.07) is 67.4. The number of hydrogen-bond donors (Lipinski definition) is 0. The van der Waals surface area contributed by atoms with Crippen molar-refractivity contribution in [2.24, 2.45) is 0 Å². The smallest absolute Gasteiger partial charge is 0.0541 e. The maximum Gasteiger partial charge on any atom is 0.0541 e. The Labute approximate surface area is 313 Å². The van der Waals surface area contributed by atoms with E-state index in [1.807, 2.05) is 0 Å². The molecule has 0 radical (unpaired) electrons. The van der Waals surface area contributed by atoms with Gasteiger partial charge in [0, 0.05) is 32.9 Å². The van der Waals surface area contributed by atoms with Gasteiger partial charge in [-0.25, -0.2) is 0 Å². The first-order chi connectivity index (χ1) is 26.6. The van der Waals surface area contributed by atoms with Crippen LogP contribution in [0.3, 0.4) is 0 Å². The highest BCUT2D eigenvalue weighted by molar-refractivity contribution is 6.22. The van der Waals surface area contributed by atoms with Crippen molar-refractivity contribution in [3.05, 3.63) is 193 Å². The van der Waals surface area contributed by atoms with Gasteiger partial charge in [0.25, 0.3) is 0 Å². The summed E-state index contributed by atoms with van der Waals surface area (Å²) in [6.45, 7) is 4.39. The number of benzene rings is 9. The Balaban J connectivity index is 1.30. The highest BCUT2D eigenvalue weighted by atomic mass is 15.0. The fraction of sp³-hybridized carbons (Fsp3) is 0.0385. The van der Waals surface area contributed by atoms with E-state index in [0.29, 0.717) is 0 Å². The van der Waals surface area contributed by atoms with Crippen LogP contribution in [0.4, 0.5) is 0 Å². The van der Waals surface area contributed by atoms with Crippen molar-refractivity contribution < 1.29 is 0 Å². The SMILES string of the molecule is Cc1cccc(-c2c3ccc(-n4c5ccccc5c5ccccc54)cc3c(-c3cccc(C)c3)c3ccc(-n4c5ccccc5c5ccccc54)cc23)c1. The Morgan fingerprint density at radius 2 is 0.630 bits per heavy atom. The first-order valence-corrected chi connectivity index (χ1v) is 18.8. The van der Waals surface area contributed by atoms with Crippen LogP contribution in [-0.4, -0.2) is 9.13 Å². The van der Waals surface area contributed by atoms with Gasteiger partial charge in [-0.2, -0.15) is 0 Å². The van der Waals surface area contributed by atoms with Crippen LogP contribution in [0.15, 0.2) is 182 Å². The highest BCUT2D eigenvalue weighted by Gasteiger charge is 2.21. The molecule has 0 aliphatic heterocycles. The molecule has 11 rings (SSSR count). The van der Waals surface area contributed by atoms with Crippen molar-refractivity contribution in [3.8, 4) is 33.6 Å². The van der Waals surface area contributed by atoms with Gasteiger partial charge in [0.05, 0.1) is 22.1 Å². The van der Waals surface area contributed by atoms with Crippen LogP contribution in [0, 0.1) is 13.8 Å². The first-order valence-electron chi connectivity index (χ1n) is 18.8. The van der Waals surface area contributed by atoms with Gasteiger partial charge in [-0.05, 0) is 106 Å². The van der Waals surface area contributed by atoms with Gasteiger partial charge in [0.1, 0.15) is 0 Å². The van der Waals surface area contributed by atoms with Gasteiger partial charge in [0.2, 0.25) is 0 Å². The summed E-state index contributed by atoms with van der Waals surface area (Å²) in [6.07, 6.45) is 0. The number of hydrogen-bond acceptors (Lipinski definition) is 0. The molecule has 0 amide bonds. The minimum absolute atomic E-state index is 1.16. The van der Waals surface area contributed by atoms with Gasteiger partial charge in [-0.1, -0.05) is 145 Å². The van der Waals surface area contributed by atoms with Crippen molar-refractivity contribution in [2.45, 2.75) is 13.8 Å². The number of fused-ring (bicyclic) bond motifs is 8. The predicted octanol–water partition coefficient (Wildman–Crippen LogP) is 14.1. The molecule has 0 aliphatic rings. The molecule has 0 N–H and O–H groups in total. The van der Waals surface area contributed by atoms with E-state index >= 15 is 0 Å². The topological polar surface area (TPSA) is 9.86 Å². The van der Waals surface area contributed by atoms with E-state index < -0.39 is 0 Å². The molecule has 0 bridgehead atoms. The average Bonchev–Trinajstić information content (AvgIpc) is 3.73. The molecular formula is C52H36N2. The van der Waals surface area contributed by atoms with Crippen LogP contribution in [-0.2, 0) is 0 Å². The van der Waals surface area contributed by atoms with E-state index in [4.69, 9.17) is 0 Å². The maximum atomic E-state index is 2.44. The minimum atomic E-state index is 1.16. The quantitative estimate of drug-likeness (QED) is 0.163. The molecule has 2 nitrogen and oxygen atoms in total. The fourth-order valence-corrected chi connectivity index (χ4v) is 9.11. The van der Waals surface area contributed by atoms with E-state index in [1.165, 1.54) is 98.5 Å². The largest absolute Gasteiger partial charge is 0.309 e. The van der Waals surface area contributed by atoms with E-state index in [1.54, 1.807) is 0 Å². The summed E-state index contributed by atoms with van der Waals surface area (Å²) in [5.74, 6) is 0. The summed E-state index contributed by atoms with van der Waals surface area (Å²) < 4.78 is 4.87. The van der Waals surface area contributed by atoms with E-state index in [-0.39, 0.29) is 0 Å². The van der Waals surface area contributed by atoms with Crippen molar-refractivity contribution in [2.75, 3.05) is 0 Å². The van der Waals surface area contributed by atoms with Gasteiger partial charge in [-0.3, -0.25) is 0 Å². The van der Waals surface area contributed by atoms with E-state index in [2.05, 4.69) is 205 Å². The molecule has 2 heterocycles. The van der Waals surface area contributed by atoms with Gasteiger partial charge >= 0.3 is 0 Å². The number of aromatic nitrogens is 2. The second kappa shape index (κ2) is 11.8. The summed E-state index contributed by atoms with van der Waals surface area (Å²) >= 11 is 0. The molecule has 0 saturated carbocycles. The third-order valence-electron chi connectivity index (χ3n) is 11.4. The first kappa shape index (κ1) is 30.7. The molecular weight excluding hydrogens is 653 g/mol. The predicted molar refractivity (Wildman–Crippen MR) is 230 cm³/mol. The second-order valence-corrected chi connectivity index (χ2v) is 14.7. The van der Waals surface area contributed by atoms with Gasteiger partial charge in [0.15, 0.2) is 0 Å². The lowest BCUT2D eigenvalue weighted by Crippen LogP contribution is -1.98. The number of para-hydroxylation sites is 4. The zero-order valence-corrected chi connectivity index (χ0v) is 30.2. The van der Waals surface area contributed by atoms with Crippen LogP contribution < -0.4 is 0 Å². The van der Waals surface area contributed by atoms with Crippen molar-refractivity contribution >= 4 is 65.2 Å². The summed E-state index contributed by atoms with van der Waals surface area (Å²) in [5.41, 5.74) is 14.6. The molecule has 0 aliphatic carbocycles. The molecule has 0 spiro atoms. The molecule has 11 aromatic rings. The minimum Gasteiger partial charge on any atom is -0.309 e. The number of rotatable bonds is 4. The van der Waals surface area contributed by atoms with Crippen molar-refractivity contribution in [3.63, 3.8) is 0 Å². The Kier molecular flexibility index (Phi) is 6.72. The Morgan fingerprint density at radius 1 is 0.278 bits per heavy atom. The summed E-state index contributed by atoms with van der Waals surface area (Å²) in [7, 11) is 0. The lowest BCUT2D eigenvalue weighted by molar-refractivity contribution is 1.18. The number of nitrogens with zero attached hydrogens (tertiary/aromatic N) is 2.